The second-order valence-electron chi connectivity index (χ2n) is 5.47. The molecule has 0 aromatic heterocycles. The molecule has 1 N–H and O–H groups in total. The minimum Gasteiger partial charge on any atom is -0.347 e. The van der Waals surface area contributed by atoms with Crippen molar-refractivity contribution in [1.29, 1.82) is 0 Å². The molecular formula is C15H16F4N2O2. The first-order valence-corrected chi connectivity index (χ1v) is 7.11. The van der Waals surface area contributed by atoms with E-state index >= 15 is 0 Å². The maximum absolute atomic E-state index is 13.2. The molecular weight excluding hydrogens is 316 g/mol. The third-order valence-electron chi connectivity index (χ3n) is 3.60. The number of carbonyl (C=O) groups is 2. The lowest BCUT2D eigenvalue weighted by atomic mass is 9.96. The summed E-state index contributed by atoms with van der Waals surface area (Å²) in [6.45, 7) is -1.24. The molecule has 1 aliphatic rings. The molecule has 1 saturated heterocycles. The van der Waals surface area contributed by atoms with E-state index in [1.165, 1.54) is 23.1 Å². The lowest BCUT2D eigenvalue weighted by Crippen LogP contribution is -2.46. The average Bonchev–Trinajstić information content (AvgIpc) is 2.46. The largest absolute Gasteiger partial charge is 0.405 e. The van der Waals surface area contributed by atoms with E-state index in [2.05, 4.69) is 0 Å². The van der Waals surface area contributed by atoms with Gasteiger partial charge in [-0.2, -0.15) is 13.2 Å². The molecule has 1 atom stereocenters. The van der Waals surface area contributed by atoms with Crippen LogP contribution in [0.1, 0.15) is 18.4 Å². The first-order chi connectivity index (χ1) is 10.7. The zero-order chi connectivity index (χ0) is 17.0. The molecule has 0 spiro atoms. The molecule has 0 saturated carbocycles. The van der Waals surface area contributed by atoms with Crippen LogP contribution in [0.5, 0.6) is 0 Å². The van der Waals surface area contributed by atoms with Gasteiger partial charge in [0.15, 0.2) is 0 Å². The Hall–Kier alpha value is -2.12. The van der Waals surface area contributed by atoms with E-state index in [-0.39, 0.29) is 31.8 Å². The van der Waals surface area contributed by atoms with Crippen molar-refractivity contribution in [2.24, 2.45) is 5.92 Å². The summed E-state index contributed by atoms with van der Waals surface area (Å²) >= 11 is 0. The fraction of sp³-hybridized carbons (Fsp3) is 0.467. The zero-order valence-electron chi connectivity index (χ0n) is 12.2. The van der Waals surface area contributed by atoms with E-state index in [1.807, 2.05) is 5.32 Å². The third kappa shape index (κ3) is 5.22. The van der Waals surface area contributed by atoms with E-state index < -0.39 is 30.4 Å². The van der Waals surface area contributed by atoms with Crippen LogP contribution in [0.4, 0.5) is 17.6 Å². The highest BCUT2D eigenvalue weighted by Gasteiger charge is 2.33. The van der Waals surface area contributed by atoms with Crippen LogP contribution in [-0.2, 0) is 16.1 Å². The molecule has 0 unspecified atom stereocenters. The van der Waals surface area contributed by atoms with Crippen LogP contribution < -0.4 is 5.32 Å². The number of hydrogen-bond donors (Lipinski definition) is 1. The molecule has 2 rings (SSSR count). The molecule has 1 aliphatic heterocycles. The monoisotopic (exact) mass is 332 g/mol. The fourth-order valence-corrected chi connectivity index (χ4v) is 2.47. The summed E-state index contributed by atoms with van der Waals surface area (Å²) in [6, 6.07) is 5.70. The van der Waals surface area contributed by atoms with Gasteiger partial charge in [-0.3, -0.25) is 9.59 Å². The predicted molar refractivity (Wildman–Crippen MR) is 73.6 cm³/mol. The normalized spacial score (nSPS) is 18.9. The highest BCUT2D eigenvalue weighted by atomic mass is 19.4. The molecule has 126 valence electrons. The van der Waals surface area contributed by atoms with Crippen molar-refractivity contribution < 1.29 is 27.2 Å². The Morgan fingerprint density at radius 2 is 2.09 bits per heavy atom. The van der Waals surface area contributed by atoms with Crippen molar-refractivity contribution in [3.05, 3.63) is 35.6 Å². The Kier molecular flexibility index (Phi) is 5.23. The van der Waals surface area contributed by atoms with Crippen molar-refractivity contribution >= 4 is 11.8 Å². The molecule has 2 amide bonds. The highest BCUT2D eigenvalue weighted by Crippen LogP contribution is 2.21. The van der Waals surface area contributed by atoms with Gasteiger partial charge in [-0.25, -0.2) is 4.39 Å². The minimum absolute atomic E-state index is 0.0268. The van der Waals surface area contributed by atoms with Crippen LogP contribution >= 0.6 is 0 Å². The van der Waals surface area contributed by atoms with Crippen molar-refractivity contribution in [2.45, 2.75) is 25.6 Å². The number of alkyl halides is 3. The van der Waals surface area contributed by atoms with Gasteiger partial charge < -0.3 is 10.2 Å². The van der Waals surface area contributed by atoms with Crippen LogP contribution in [0.3, 0.4) is 0 Å². The van der Waals surface area contributed by atoms with Crippen molar-refractivity contribution in [2.75, 3.05) is 13.1 Å². The summed E-state index contributed by atoms with van der Waals surface area (Å²) in [5, 5.41) is 1.84. The number of piperidine rings is 1. The maximum atomic E-state index is 13.2. The van der Waals surface area contributed by atoms with Crippen molar-refractivity contribution in [3.8, 4) is 0 Å². The predicted octanol–water partition coefficient (Wildman–Crippen LogP) is 2.24. The quantitative estimate of drug-likeness (QED) is 0.860. The smallest absolute Gasteiger partial charge is 0.347 e. The van der Waals surface area contributed by atoms with Gasteiger partial charge in [0.05, 0.1) is 5.92 Å². The Morgan fingerprint density at radius 3 is 2.74 bits per heavy atom. The van der Waals surface area contributed by atoms with E-state index in [0.717, 1.165) is 0 Å². The second kappa shape index (κ2) is 6.97. The molecule has 23 heavy (non-hydrogen) atoms. The van der Waals surface area contributed by atoms with E-state index in [1.54, 1.807) is 6.07 Å². The molecule has 1 aromatic carbocycles. The topological polar surface area (TPSA) is 49.4 Å². The number of carbonyl (C=O) groups excluding carboxylic acids is 2. The van der Waals surface area contributed by atoms with Crippen molar-refractivity contribution in [1.82, 2.24) is 10.2 Å². The molecule has 8 heteroatoms. The minimum atomic E-state index is -4.47. The zero-order valence-corrected chi connectivity index (χ0v) is 12.2. The fourth-order valence-electron chi connectivity index (χ4n) is 2.47. The van der Waals surface area contributed by atoms with Gasteiger partial charge in [-0.05, 0) is 24.1 Å². The number of likely N-dealkylation sites (tertiary alicyclic amines) is 1. The second-order valence-corrected chi connectivity index (χ2v) is 5.47. The van der Waals surface area contributed by atoms with Gasteiger partial charge in [0.1, 0.15) is 12.4 Å². The molecule has 0 bridgehead atoms. The Balaban J connectivity index is 1.96. The summed E-state index contributed by atoms with van der Waals surface area (Å²) in [5.74, 6) is -2.05. The summed E-state index contributed by atoms with van der Waals surface area (Å²) in [7, 11) is 0. The first-order valence-electron chi connectivity index (χ1n) is 7.11. The van der Waals surface area contributed by atoms with Crippen LogP contribution in [0.25, 0.3) is 0 Å². The van der Waals surface area contributed by atoms with Crippen LogP contribution in [-0.4, -0.2) is 36.0 Å². The molecule has 1 heterocycles. The molecule has 0 aliphatic carbocycles. The summed E-state index contributed by atoms with van der Waals surface area (Å²) in [5.41, 5.74) is 0.565. The van der Waals surface area contributed by atoms with E-state index in [4.69, 9.17) is 0 Å². The first kappa shape index (κ1) is 17.2. The van der Waals surface area contributed by atoms with Gasteiger partial charge >= 0.3 is 6.18 Å². The van der Waals surface area contributed by atoms with E-state index in [0.29, 0.717) is 5.56 Å². The SMILES string of the molecule is O=C(NCC(F)(F)F)[C@@H]1CCC(=O)N(Cc2cccc(F)c2)C1. The molecule has 0 radical (unpaired) electrons. The number of rotatable bonds is 4. The molecule has 1 fully saturated rings. The summed E-state index contributed by atoms with van der Waals surface area (Å²) < 4.78 is 49.6. The number of benzene rings is 1. The lowest BCUT2D eigenvalue weighted by Gasteiger charge is -2.32. The Labute approximate surface area is 130 Å². The number of hydrogen-bond acceptors (Lipinski definition) is 2. The van der Waals surface area contributed by atoms with Crippen LogP contribution in [0.2, 0.25) is 0 Å². The van der Waals surface area contributed by atoms with Crippen molar-refractivity contribution in [3.63, 3.8) is 0 Å². The highest BCUT2D eigenvalue weighted by molar-refractivity contribution is 5.83. The number of amides is 2. The lowest BCUT2D eigenvalue weighted by molar-refractivity contribution is -0.145. The van der Waals surface area contributed by atoms with Gasteiger partial charge in [0, 0.05) is 19.5 Å². The Bertz CT molecular complexity index is 589. The van der Waals surface area contributed by atoms with Gasteiger partial charge in [-0.15, -0.1) is 0 Å². The van der Waals surface area contributed by atoms with Gasteiger partial charge in [-0.1, -0.05) is 12.1 Å². The average molecular weight is 332 g/mol. The number of nitrogens with zero attached hydrogens (tertiary/aromatic N) is 1. The molecule has 1 aromatic rings. The standard InChI is InChI=1S/C15H16F4N2O2/c16-12-3-1-2-10(6-12)7-21-8-11(4-5-13(21)22)14(23)20-9-15(17,18)19/h1-3,6,11H,4-5,7-9H2,(H,20,23)/t11-/m1/s1. The Morgan fingerprint density at radius 1 is 1.35 bits per heavy atom. The van der Waals surface area contributed by atoms with Crippen LogP contribution in [0.15, 0.2) is 24.3 Å². The number of halogens is 4. The summed E-state index contributed by atoms with van der Waals surface area (Å²) in [4.78, 5) is 25.1. The maximum Gasteiger partial charge on any atom is 0.405 e. The van der Waals surface area contributed by atoms with E-state index in [9.17, 15) is 27.2 Å². The van der Waals surface area contributed by atoms with Gasteiger partial charge in [0.25, 0.3) is 0 Å². The summed E-state index contributed by atoms with van der Waals surface area (Å²) in [6.07, 6.45) is -4.18. The third-order valence-corrected chi connectivity index (χ3v) is 3.60. The van der Waals surface area contributed by atoms with Gasteiger partial charge in [0.2, 0.25) is 11.8 Å². The number of nitrogens with one attached hydrogen (secondary N) is 1. The van der Waals surface area contributed by atoms with Crippen LogP contribution in [0, 0.1) is 11.7 Å². The molecule has 4 nitrogen and oxygen atoms in total.